The molecule has 118 valence electrons. The van der Waals surface area contributed by atoms with Gasteiger partial charge in [-0.1, -0.05) is 23.2 Å². The Balaban J connectivity index is 0.00000220. The van der Waals surface area contributed by atoms with Crippen LogP contribution >= 0.6 is 35.6 Å². The number of halogens is 3. The van der Waals surface area contributed by atoms with Crippen LogP contribution in [-0.4, -0.2) is 44.2 Å². The third-order valence-corrected chi connectivity index (χ3v) is 3.98. The standard InChI is InChI=1S/C14H17Cl2NO3.ClH/c1-19-14(18)10-4-5-11(15)13(12(10)16)20-9-8-17-6-2-3-7-17;/h4-5H,2-3,6-9H2,1H3;1H. The van der Waals surface area contributed by atoms with Crippen molar-refractivity contribution < 1.29 is 14.3 Å². The minimum Gasteiger partial charge on any atom is -0.489 e. The van der Waals surface area contributed by atoms with E-state index in [-0.39, 0.29) is 23.0 Å². The summed E-state index contributed by atoms with van der Waals surface area (Å²) in [6.07, 6.45) is 2.47. The Hall–Kier alpha value is -0.680. The summed E-state index contributed by atoms with van der Waals surface area (Å²) in [4.78, 5) is 13.9. The van der Waals surface area contributed by atoms with E-state index in [9.17, 15) is 4.79 Å². The fourth-order valence-electron chi connectivity index (χ4n) is 2.22. The maximum absolute atomic E-state index is 11.6. The second-order valence-corrected chi connectivity index (χ2v) is 5.41. The van der Waals surface area contributed by atoms with Crippen molar-refractivity contribution in [2.24, 2.45) is 0 Å². The van der Waals surface area contributed by atoms with E-state index in [4.69, 9.17) is 27.9 Å². The normalized spacial score (nSPS) is 14.6. The molecular weight excluding hydrogens is 337 g/mol. The van der Waals surface area contributed by atoms with E-state index in [1.807, 2.05) is 0 Å². The number of benzene rings is 1. The molecule has 1 aromatic carbocycles. The van der Waals surface area contributed by atoms with E-state index in [2.05, 4.69) is 9.64 Å². The van der Waals surface area contributed by atoms with Crippen LogP contribution in [0.1, 0.15) is 23.2 Å². The average Bonchev–Trinajstić information content (AvgIpc) is 2.95. The van der Waals surface area contributed by atoms with Crippen LogP contribution in [0.3, 0.4) is 0 Å². The summed E-state index contributed by atoms with van der Waals surface area (Å²) < 4.78 is 10.3. The van der Waals surface area contributed by atoms with Crippen LogP contribution in [-0.2, 0) is 4.74 Å². The SMILES string of the molecule is COC(=O)c1ccc(Cl)c(OCCN2CCCC2)c1Cl.Cl. The van der Waals surface area contributed by atoms with Gasteiger partial charge in [0.15, 0.2) is 5.75 Å². The quantitative estimate of drug-likeness (QED) is 0.756. The molecule has 1 aromatic rings. The summed E-state index contributed by atoms with van der Waals surface area (Å²) >= 11 is 12.2. The summed E-state index contributed by atoms with van der Waals surface area (Å²) in [5, 5.41) is 0.592. The summed E-state index contributed by atoms with van der Waals surface area (Å²) in [6, 6.07) is 3.12. The summed E-state index contributed by atoms with van der Waals surface area (Å²) in [6.45, 7) is 3.53. The molecule has 1 aliphatic rings. The molecule has 0 bridgehead atoms. The van der Waals surface area contributed by atoms with Gasteiger partial charge in [0.25, 0.3) is 0 Å². The minimum atomic E-state index is -0.504. The van der Waals surface area contributed by atoms with E-state index >= 15 is 0 Å². The molecule has 0 amide bonds. The molecule has 0 atom stereocenters. The first-order valence-electron chi connectivity index (χ1n) is 6.55. The van der Waals surface area contributed by atoms with Crippen LogP contribution in [0.25, 0.3) is 0 Å². The van der Waals surface area contributed by atoms with Crippen molar-refractivity contribution in [2.75, 3.05) is 33.4 Å². The maximum Gasteiger partial charge on any atom is 0.339 e. The van der Waals surface area contributed by atoms with Gasteiger partial charge in [0.2, 0.25) is 0 Å². The lowest BCUT2D eigenvalue weighted by atomic mass is 10.2. The predicted molar refractivity (Wildman–Crippen MR) is 86.2 cm³/mol. The molecule has 1 heterocycles. The third kappa shape index (κ3) is 4.65. The average molecular weight is 355 g/mol. The molecule has 21 heavy (non-hydrogen) atoms. The van der Waals surface area contributed by atoms with E-state index in [1.165, 1.54) is 26.0 Å². The van der Waals surface area contributed by atoms with Crippen LogP contribution in [0, 0.1) is 0 Å². The van der Waals surface area contributed by atoms with Crippen molar-refractivity contribution in [3.8, 4) is 5.75 Å². The lowest BCUT2D eigenvalue weighted by Gasteiger charge is -2.16. The van der Waals surface area contributed by atoms with Gasteiger partial charge in [0.1, 0.15) is 6.61 Å². The van der Waals surface area contributed by atoms with Crippen LogP contribution in [0.15, 0.2) is 12.1 Å². The Morgan fingerprint density at radius 3 is 2.57 bits per heavy atom. The predicted octanol–water partition coefficient (Wildman–Crippen LogP) is 3.68. The minimum absolute atomic E-state index is 0. The first kappa shape index (κ1) is 18.4. The van der Waals surface area contributed by atoms with E-state index < -0.39 is 5.97 Å². The highest BCUT2D eigenvalue weighted by Gasteiger charge is 2.18. The van der Waals surface area contributed by atoms with Gasteiger partial charge in [-0.25, -0.2) is 4.79 Å². The summed E-state index contributed by atoms with van der Waals surface area (Å²) in [7, 11) is 1.31. The van der Waals surface area contributed by atoms with Gasteiger partial charge < -0.3 is 9.47 Å². The zero-order chi connectivity index (χ0) is 14.5. The number of carbonyl (C=O) groups is 1. The second kappa shape index (κ2) is 8.69. The zero-order valence-electron chi connectivity index (χ0n) is 11.7. The molecular formula is C14H18Cl3NO3. The lowest BCUT2D eigenvalue weighted by molar-refractivity contribution is 0.0600. The molecule has 1 saturated heterocycles. The Labute approximate surface area is 140 Å². The van der Waals surface area contributed by atoms with Gasteiger partial charge in [0.05, 0.1) is 22.7 Å². The lowest BCUT2D eigenvalue weighted by Crippen LogP contribution is -2.25. The number of hydrogen-bond acceptors (Lipinski definition) is 4. The molecule has 0 N–H and O–H groups in total. The Morgan fingerprint density at radius 2 is 1.95 bits per heavy atom. The molecule has 0 aromatic heterocycles. The maximum atomic E-state index is 11.6. The first-order valence-corrected chi connectivity index (χ1v) is 7.30. The Morgan fingerprint density at radius 1 is 1.29 bits per heavy atom. The zero-order valence-corrected chi connectivity index (χ0v) is 14.1. The van der Waals surface area contributed by atoms with Gasteiger partial charge in [-0.15, -0.1) is 12.4 Å². The van der Waals surface area contributed by atoms with E-state index in [0.29, 0.717) is 17.4 Å². The van der Waals surface area contributed by atoms with Crippen molar-refractivity contribution in [1.82, 2.24) is 4.90 Å². The number of likely N-dealkylation sites (tertiary alicyclic amines) is 1. The van der Waals surface area contributed by atoms with Crippen LogP contribution < -0.4 is 4.74 Å². The summed E-state index contributed by atoms with van der Waals surface area (Å²) in [5.74, 6) is -0.161. The smallest absolute Gasteiger partial charge is 0.339 e. The van der Waals surface area contributed by atoms with E-state index in [0.717, 1.165) is 19.6 Å². The molecule has 0 radical (unpaired) electrons. The molecule has 2 rings (SSSR count). The molecule has 0 spiro atoms. The van der Waals surface area contributed by atoms with Gasteiger partial charge >= 0.3 is 5.97 Å². The summed E-state index contributed by atoms with van der Waals surface area (Å²) in [5.41, 5.74) is 0.259. The topological polar surface area (TPSA) is 38.8 Å². The van der Waals surface area contributed by atoms with Crippen LogP contribution in [0.5, 0.6) is 5.75 Å². The van der Waals surface area contributed by atoms with Crippen molar-refractivity contribution in [2.45, 2.75) is 12.8 Å². The highest BCUT2D eigenvalue weighted by atomic mass is 35.5. The van der Waals surface area contributed by atoms with Crippen LogP contribution in [0.2, 0.25) is 10.0 Å². The monoisotopic (exact) mass is 353 g/mol. The van der Waals surface area contributed by atoms with E-state index in [1.54, 1.807) is 6.07 Å². The Bertz CT molecular complexity index is 491. The number of nitrogens with zero attached hydrogens (tertiary/aromatic N) is 1. The van der Waals surface area contributed by atoms with Gasteiger partial charge in [0, 0.05) is 6.54 Å². The molecule has 1 fully saturated rings. The molecule has 0 saturated carbocycles. The van der Waals surface area contributed by atoms with Crippen molar-refractivity contribution in [3.63, 3.8) is 0 Å². The van der Waals surface area contributed by atoms with Gasteiger partial charge in [-0.3, -0.25) is 4.90 Å². The molecule has 7 heteroatoms. The molecule has 4 nitrogen and oxygen atoms in total. The highest BCUT2D eigenvalue weighted by Crippen LogP contribution is 2.35. The van der Waals surface area contributed by atoms with Crippen molar-refractivity contribution in [1.29, 1.82) is 0 Å². The largest absolute Gasteiger partial charge is 0.489 e. The number of methoxy groups -OCH3 is 1. The van der Waals surface area contributed by atoms with Crippen molar-refractivity contribution >= 4 is 41.6 Å². The number of rotatable bonds is 5. The van der Waals surface area contributed by atoms with Gasteiger partial charge in [-0.05, 0) is 38.1 Å². The molecule has 0 aliphatic carbocycles. The van der Waals surface area contributed by atoms with Crippen LogP contribution in [0.4, 0.5) is 0 Å². The molecule has 1 aliphatic heterocycles. The number of carbonyl (C=O) groups excluding carboxylic acids is 1. The van der Waals surface area contributed by atoms with Gasteiger partial charge in [-0.2, -0.15) is 0 Å². The Kier molecular flexibility index (Phi) is 7.60. The first-order chi connectivity index (χ1) is 9.63. The fraction of sp³-hybridized carbons (Fsp3) is 0.500. The third-order valence-electron chi connectivity index (χ3n) is 3.31. The fourth-order valence-corrected chi connectivity index (χ4v) is 2.77. The second-order valence-electron chi connectivity index (χ2n) is 4.63. The van der Waals surface area contributed by atoms with Crippen molar-refractivity contribution in [3.05, 3.63) is 27.7 Å². The number of hydrogen-bond donors (Lipinski definition) is 0. The number of esters is 1. The number of ether oxygens (including phenoxy) is 2. The molecule has 0 unspecified atom stereocenters. The highest BCUT2D eigenvalue weighted by molar-refractivity contribution is 6.39.